The number of hydrogen-bond donors (Lipinski definition) is 2. The number of halogens is 1. The molecule has 0 saturated carbocycles. The van der Waals surface area contributed by atoms with E-state index in [-0.39, 0.29) is 11.8 Å². The molecular weight excluding hydrogens is 301 g/mol. The van der Waals surface area contributed by atoms with Gasteiger partial charge in [-0.05, 0) is 44.7 Å². The van der Waals surface area contributed by atoms with E-state index in [2.05, 4.69) is 5.32 Å². The van der Waals surface area contributed by atoms with Gasteiger partial charge >= 0.3 is 5.97 Å². The zero-order valence-corrected chi connectivity index (χ0v) is 13.4. The second-order valence-corrected chi connectivity index (χ2v) is 5.87. The van der Waals surface area contributed by atoms with Crippen molar-refractivity contribution >= 4 is 5.97 Å². The van der Waals surface area contributed by atoms with Crippen LogP contribution in [0, 0.1) is 17.7 Å². The lowest BCUT2D eigenvalue weighted by Crippen LogP contribution is -2.25. The molecule has 1 fully saturated rings. The zero-order valence-electron chi connectivity index (χ0n) is 13.4. The van der Waals surface area contributed by atoms with Gasteiger partial charge < -0.3 is 19.9 Å². The van der Waals surface area contributed by atoms with Crippen LogP contribution in [0.4, 0.5) is 4.39 Å². The Hall–Kier alpha value is -1.82. The molecule has 0 aliphatic carbocycles. The first-order valence-corrected chi connectivity index (χ1v) is 8.01. The molecule has 0 bridgehead atoms. The minimum Gasteiger partial charge on any atom is -0.497 e. The number of carboxylic acids is 1. The summed E-state index contributed by atoms with van der Waals surface area (Å²) in [4.78, 5) is 11.4. The summed E-state index contributed by atoms with van der Waals surface area (Å²) < 4.78 is 23.8. The molecule has 2 rings (SSSR count). The average molecular weight is 325 g/mol. The molecule has 1 aromatic carbocycles. The number of nitrogens with one attached hydrogen (secondary N) is 1. The molecule has 1 aliphatic rings. The highest BCUT2D eigenvalue weighted by Gasteiger charge is 2.29. The number of ether oxygens (including phenoxy) is 2. The monoisotopic (exact) mass is 325 g/mol. The summed E-state index contributed by atoms with van der Waals surface area (Å²) in [5, 5.41) is 12.6. The number of aliphatic carboxylic acids is 1. The smallest absolute Gasteiger partial charge is 0.306 e. The van der Waals surface area contributed by atoms with Crippen LogP contribution in [0.15, 0.2) is 18.2 Å². The van der Waals surface area contributed by atoms with Crippen molar-refractivity contribution in [2.24, 2.45) is 11.8 Å². The Morgan fingerprint density at radius 1 is 1.39 bits per heavy atom. The minimum atomic E-state index is -0.713. The van der Waals surface area contributed by atoms with E-state index in [1.54, 1.807) is 6.07 Å². The van der Waals surface area contributed by atoms with Crippen molar-refractivity contribution in [3.05, 3.63) is 24.0 Å². The Balaban J connectivity index is 1.72. The van der Waals surface area contributed by atoms with Gasteiger partial charge in [0, 0.05) is 18.2 Å². The van der Waals surface area contributed by atoms with Crippen molar-refractivity contribution in [3.63, 3.8) is 0 Å². The fraction of sp³-hybridized carbons (Fsp3) is 0.588. The van der Waals surface area contributed by atoms with E-state index < -0.39 is 11.8 Å². The second kappa shape index (κ2) is 8.72. The summed E-state index contributed by atoms with van der Waals surface area (Å²) in [7, 11) is 1.47. The third-order valence-electron chi connectivity index (χ3n) is 4.24. The molecule has 0 amide bonds. The van der Waals surface area contributed by atoms with E-state index in [0.717, 1.165) is 32.4 Å². The Labute approximate surface area is 135 Å². The Morgan fingerprint density at radius 2 is 2.17 bits per heavy atom. The molecule has 128 valence electrons. The van der Waals surface area contributed by atoms with Gasteiger partial charge in [-0.3, -0.25) is 4.79 Å². The molecule has 0 spiro atoms. The van der Waals surface area contributed by atoms with E-state index in [9.17, 15) is 14.3 Å². The van der Waals surface area contributed by atoms with Crippen molar-refractivity contribution in [2.75, 3.05) is 26.8 Å². The molecule has 1 aliphatic heterocycles. The van der Waals surface area contributed by atoms with E-state index in [4.69, 9.17) is 9.47 Å². The number of rotatable bonds is 9. The first kappa shape index (κ1) is 17.5. The van der Waals surface area contributed by atoms with Gasteiger partial charge in [-0.15, -0.1) is 0 Å². The lowest BCUT2D eigenvalue weighted by molar-refractivity contribution is -0.143. The summed E-state index contributed by atoms with van der Waals surface area (Å²) >= 11 is 0. The second-order valence-electron chi connectivity index (χ2n) is 5.87. The van der Waals surface area contributed by atoms with E-state index in [1.807, 2.05) is 0 Å². The Bertz CT molecular complexity index is 517. The van der Waals surface area contributed by atoms with Gasteiger partial charge in [0.05, 0.1) is 19.6 Å². The van der Waals surface area contributed by atoms with Crippen LogP contribution in [0.3, 0.4) is 0 Å². The van der Waals surface area contributed by atoms with Crippen LogP contribution in [0.2, 0.25) is 0 Å². The average Bonchev–Trinajstić information content (AvgIpc) is 3.03. The van der Waals surface area contributed by atoms with Crippen LogP contribution >= 0.6 is 0 Å². The molecule has 0 radical (unpaired) electrons. The first-order valence-electron chi connectivity index (χ1n) is 8.01. The Kier molecular flexibility index (Phi) is 6.65. The van der Waals surface area contributed by atoms with Gasteiger partial charge in [0.15, 0.2) is 0 Å². The van der Waals surface area contributed by atoms with Crippen LogP contribution < -0.4 is 14.8 Å². The standard InChI is InChI=1S/C17H24FNO4/c1-22-14-8-13(18)9-15(10-14)23-7-3-2-4-16(17(20)21)12-5-6-19-11-12/h8-10,12,16,19H,2-7,11H2,1H3,(H,20,21). The van der Waals surface area contributed by atoms with Crippen molar-refractivity contribution in [2.45, 2.75) is 25.7 Å². The molecular formula is C17H24FNO4. The van der Waals surface area contributed by atoms with Crippen LogP contribution in [-0.4, -0.2) is 37.9 Å². The number of unbranched alkanes of at least 4 members (excludes halogenated alkanes) is 1. The molecule has 1 heterocycles. The van der Waals surface area contributed by atoms with Gasteiger partial charge in [-0.2, -0.15) is 0 Å². The van der Waals surface area contributed by atoms with E-state index in [0.29, 0.717) is 24.5 Å². The number of hydrogen-bond acceptors (Lipinski definition) is 4. The highest BCUT2D eigenvalue weighted by molar-refractivity contribution is 5.70. The van der Waals surface area contributed by atoms with Gasteiger partial charge in [0.2, 0.25) is 0 Å². The topological polar surface area (TPSA) is 67.8 Å². The third kappa shape index (κ3) is 5.39. The number of carbonyl (C=O) groups is 1. The van der Waals surface area contributed by atoms with Gasteiger partial charge in [0.25, 0.3) is 0 Å². The molecule has 5 nitrogen and oxygen atoms in total. The highest BCUT2D eigenvalue weighted by Crippen LogP contribution is 2.25. The summed E-state index contributed by atoms with van der Waals surface area (Å²) in [5.74, 6) is -0.343. The SMILES string of the molecule is COc1cc(F)cc(OCCCCC(C(=O)O)C2CCNC2)c1. The maximum Gasteiger partial charge on any atom is 0.306 e. The zero-order chi connectivity index (χ0) is 16.7. The molecule has 0 aromatic heterocycles. The molecule has 2 unspecified atom stereocenters. The predicted molar refractivity (Wildman–Crippen MR) is 84.4 cm³/mol. The maximum absolute atomic E-state index is 13.3. The van der Waals surface area contributed by atoms with Crippen LogP contribution in [0.25, 0.3) is 0 Å². The highest BCUT2D eigenvalue weighted by atomic mass is 19.1. The lowest BCUT2D eigenvalue weighted by Gasteiger charge is -2.18. The third-order valence-corrected chi connectivity index (χ3v) is 4.24. The first-order chi connectivity index (χ1) is 11.1. The van der Waals surface area contributed by atoms with Crippen molar-refractivity contribution in [1.82, 2.24) is 5.32 Å². The van der Waals surface area contributed by atoms with Crippen molar-refractivity contribution in [1.29, 1.82) is 0 Å². The molecule has 2 N–H and O–H groups in total. The largest absolute Gasteiger partial charge is 0.497 e. The molecule has 1 saturated heterocycles. The number of methoxy groups -OCH3 is 1. The molecule has 1 aromatic rings. The summed E-state index contributed by atoms with van der Waals surface area (Å²) in [6.45, 7) is 2.12. The number of benzene rings is 1. The summed E-state index contributed by atoms with van der Waals surface area (Å²) in [6, 6.07) is 4.24. The van der Waals surface area contributed by atoms with E-state index >= 15 is 0 Å². The van der Waals surface area contributed by atoms with Crippen molar-refractivity contribution in [3.8, 4) is 11.5 Å². The van der Waals surface area contributed by atoms with Gasteiger partial charge in [-0.1, -0.05) is 0 Å². The van der Waals surface area contributed by atoms with Gasteiger partial charge in [0.1, 0.15) is 17.3 Å². The quantitative estimate of drug-likeness (QED) is 0.683. The van der Waals surface area contributed by atoms with Crippen LogP contribution in [-0.2, 0) is 4.79 Å². The van der Waals surface area contributed by atoms with Crippen molar-refractivity contribution < 1.29 is 23.8 Å². The summed E-state index contributed by atoms with van der Waals surface area (Å²) in [5.41, 5.74) is 0. The molecule has 2 atom stereocenters. The molecule has 6 heteroatoms. The lowest BCUT2D eigenvalue weighted by atomic mass is 9.87. The summed E-state index contributed by atoms with van der Waals surface area (Å²) in [6.07, 6.45) is 3.09. The van der Waals surface area contributed by atoms with Gasteiger partial charge in [-0.25, -0.2) is 4.39 Å². The molecule has 23 heavy (non-hydrogen) atoms. The minimum absolute atomic E-state index is 0.223. The fourth-order valence-electron chi connectivity index (χ4n) is 2.98. The normalized spacial score (nSPS) is 18.6. The van der Waals surface area contributed by atoms with Crippen LogP contribution in [0.5, 0.6) is 11.5 Å². The van der Waals surface area contributed by atoms with Crippen LogP contribution in [0.1, 0.15) is 25.7 Å². The van der Waals surface area contributed by atoms with E-state index in [1.165, 1.54) is 19.2 Å². The fourth-order valence-corrected chi connectivity index (χ4v) is 2.98. The maximum atomic E-state index is 13.3. The number of carboxylic acid groups (broad SMARTS) is 1. The Morgan fingerprint density at radius 3 is 2.83 bits per heavy atom. The predicted octanol–water partition coefficient (Wildman–Crippen LogP) is 2.69.